The molecule has 0 spiro atoms. The monoisotopic (exact) mass is 359 g/mol. The number of alkyl halides is 3. The zero-order valence-corrected chi connectivity index (χ0v) is 14.6. The van der Waals surface area contributed by atoms with Gasteiger partial charge in [-0.2, -0.15) is 13.2 Å². The predicted molar refractivity (Wildman–Crippen MR) is 90.3 cm³/mol. The van der Waals surface area contributed by atoms with E-state index in [0.717, 1.165) is 6.07 Å². The van der Waals surface area contributed by atoms with Gasteiger partial charge in [0.25, 0.3) is 0 Å². The van der Waals surface area contributed by atoms with E-state index in [0.29, 0.717) is 31.6 Å². The van der Waals surface area contributed by atoms with E-state index in [2.05, 4.69) is 5.32 Å². The predicted octanol–water partition coefficient (Wildman–Crippen LogP) is 4.10. The van der Waals surface area contributed by atoms with Crippen molar-refractivity contribution in [2.24, 2.45) is 0 Å². The smallest absolute Gasteiger partial charge is 0.418 e. The van der Waals surface area contributed by atoms with E-state index >= 15 is 0 Å². The van der Waals surface area contributed by atoms with Crippen molar-refractivity contribution in [2.45, 2.75) is 51.4 Å². The summed E-state index contributed by atoms with van der Waals surface area (Å²) in [6.07, 6.45) is -3.59. The maximum atomic E-state index is 12.9. The first-order chi connectivity index (χ1) is 11.5. The maximum Gasteiger partial charge on any atom is 0.418 e. The number of carbonyl (C=O) groups is 1. The number of nitrogen functional groups attached to an aromatic ring is 1. The highest BCUT2D eigenvalue weighted by molar-refractivity contribution is 5.68. The lowest BCUT2D eigenvalue weighted by molar-refractivity contribution is -0.136. The van der Waals surface area contributed by atoms with Crippen LogP contribution in [-0.2, 0) is 10.9 Å². The normalized spacial score (nSPS) is 16.6. The van der Waals surface area contributed by atoms with Crippen LogP contribution in [-0.4, -0.2) is 35.7 Å². The van der Waals surface area contributed by atoms with E-state index in [1.807, 2.05) is 0 Å². The minimum absolute atomic E-state index is 0.0107. The average molecular weight is 359 g/mol. The molecule has 5 nitrogen and oxygen atoms in total. The summed E-state index contributed by atoms with van der Waals surface area (Å²) in [6, 6.07) is 3.80. The van der Waals surface area contributed by atoms with Crippen LogP contribution in [0.1, 0.15) is 39.2 Å². The number of ether oxygens (including phenoxy) is 1. The summed E-state index contributed by atoms with van der Waals surface area (Å²) >= 11 is 0. The molecule has 0 aromatic heterocycles. The van der Waals surface area contributed by atoms with E-state index in [4.69, 9.17) is 10.5 Å². The third-order valence-electron chi connectivity index (χ3n) is 3.88. The Kier molecular flexibility index (Phi) is 5.39. The van der Waals surface area contributed by atoms with E-state index < -0.39 is 17.3 Å². The number of likely N-dealkylation sites (tertiary alicyclic amines) is 1. The van der Waals surface area contributed by atoms with Gasteiger partial charge in [-0.3, -0.25) is 0 Å². The second kappa shape index (κ2) is 7.01. The lowest BCUT2D eigenvalue weighted by atomic mass is 10.0. The highest BCUT2D eigenvalue weighted by Crippen LogP contribution is 2.35. The van der Waals surface area contributed by atoms with Crippen molar-refractivity contribution in [3.63, 3.8) is 0 Å². The molecule has 0 aliphatic carbocycles. The van der Waals surface area contributed by atoms with E-state index in [-0.39, 0.29) is 17.8 Å². The fraction of sp³-hybridized carbons (Fsp3) is 0.588. The van der Waals surface area contributed by atoms with Gasteiger partial charge in [0.1, 0.15) is 5.60 Å². The molecule has 1 aliphatic rings. The molecule has 0 unspecified atom stereocenters. The van der Waals surface area contributed by atoms with Crippen molar-refractivity contribution in [1.82, 2.24) is 4.90 Å². The number of nitrogens with two attached hydrogens (primary N) is 1. The minimum Gasteiger partial charge on any atom is -0.444 e. The summed E-state index contributed by atoms with van der Waals surface area (Å²) in [5.41, 5.74) is 4.09. The summed E-state index contributed by atoms with van der Waals surface area (Å²) in [5.74, 6) is 0. The molecule has 1 amide bonds. The average Bonchev–Trinajstić information content (AvgIpc) is 2.47. The summed E-state index contributed by atoms with van der Waals surface area (Å²) in [4.78, 5) is 13.6. The molecule has 1 aromatic rings. The number of piperidine rings is 1. The Bertz CT molecular complexity index is 619. The molecular weight excluding hydrogens is 335 g/mol. The van der Waals surface area contributed by atoms with Crippen LogP contribution in [0.5, 0.6) is 0 Å². The standard InChI is InChI=1S/C17H24F3N3O2/c1-16(2,3)25-15(24)23-8-6-11(7-9-23)22-12-4-5-14(21)13(10-12)17(18,19)20/h4-5,10-11,22H,6-9,21H2,1-3H3. The summed E-state index contributed by atoms with van der Waals surface area (Å²) in [6.45, 7) is 6.40. The zero-order valence-electron chi connectivity index (χ0n) is 14.6. The molecule has 25 heavy (non-hydrogen) atoms. The molecule has 1 heterocycles. The number of rotatable bonds is 2. The highest BCUT2D eigenvalue weighted by Gasteiger charge is 2.33. The fourth-order valence-corrected chi connectivity index (χ4v) is 2.66. The molecule has 8 heteroatoms. The number of benzene rings is 1. The SMILES string of the molecule is CC(C)(C)OC(=O)N1CCC(Nc2ccc(N)c(C(F)(F)F)c2)CC1. The second-order valence-corrected chi connectivity index (χ2v) is 7.19. The van der Waals surface area contributed by atoms with Crippen LogP contribution in [0.3, 0.4) is 0 Å². The zero-order chi connectivity index (χ0) is 18.8. The molecular formula is C17H24F3N3O2. The van der Waals surface area contributed by atoms with Crippen molar-refractivity contribution >= 4 is 17.5 Å². The number of amides is 1. The Morgan fingerprint density at radius 3 is 2.36 bits per heavy atom. The van der Waals surface area contributed by atoms with Gasteiger partial charge in [-0.1, -0.05) is 0 Å². The van der Waals surface area contributed by atoms with Gasteiger partial charge in [-0.05, 0) is 51.8 Å². The number of nitrogens with one attached hydrogen (secondary N) is 1. The molecule has 0 atom stereocenters. The third-order valence-corrected chi connectivity index (χ3v) is 3.88. The van der Waals surface area contributed by atoms with Crippen LogP contribution in [0.15, 0.2) is 18.2 Å². The molecule has 140 valence electrons. The van der Waals surface area contributed by atoms with Crippen molar-refractivity contribution in [3.8, 4) is 0 Å². The Morgan fingerprint density at radius 1 is 1.24 bits per heavy atom. The van der Waals surface area contributed by atoms with Crippen molar-refractivity contribution in [2.75, 3.05) is 24.1 Å². The maximum absolute atomic E-state index is 12.9. The van der Waals surface area contributed by atoms with Gasteiger partial charge >= 0.3 is 12.3 Å². The van der Waals surface area contributed by atoms with Crippen molar-refractivity contribution in [3.05, 3.63) is 23.8 Å². The van der Waals surface area contributed by atoms with Crippen LogP contribution in [0.25, 0.3) is 0 Å². The molecule has 1 fully saturated rings. The van der Waals surface area contributed by atoms with E-state index in [1.54, 1.807) is 25.7 Å². The Labute approximate surface area is 145 Å². The Balaban J connectivity index is 1.93. The van der Waals surface area contributed by atoms with Gasteiger partial charge in [0, 0.05) is 30.5 Å². The largest absolute Gasteiger partial charge is 0.444 e. The molecule has 1 aliphatic heterocycles. The fourth-order valence-electron chi connectivity index (χ4n) is 2.66. The van der Waals surface area contributed by atoms with E-state index in [9.17, 15) is 18.0 Å². The Morgan fingerprint density at radius 2 is 1.84 bits per heavy atom. The number of hydrogen-bond donors (Lipinski definition) is 2. The molecule has 1 saturated heterocycles. The van der Waals surface area contributed by atoms with Gasteiger partial charge in [0.15, 0.2) is 0 Å². The first-order valence-corrected chi connectivity index (χ1v) is 8.17. The van der Waals surface area contributed by atoms with Gasteiger partial charge in [-0.25, -0.2) is 4.79 Å². The first kappa shape index (κ1) is 19.2. The molecule has 0 bridgehead atoms. The van der Waals surface area contributed by atoms with Gasteiger partial charge in [0.05, 0.1) is 5.56 Å². The van der Waals surface area contributed by atoms with Gasteiger partial charge in [-0.15, -0.1) is 0 Å². The van der Waals surface area contributed by atoms with Crippen LogP contribution >= 0.6 is 0 Å². The second-order valence-electron chi connectivity index (χ2n) is 7.19. The lowest BCUT2D eigenvalue weighted by Crippen LogP contribution is -2.44. The molecule has 0 saturated carbocycles. The highest BCUT2D eigenvalue weighted by atomic mass is 19.4. The summed E-state index contributed by atoms with van der Waals surface area (Å²) < 4.78 is 44.1. The number of hydrogen-bond acceptors (Lipinski definition) is 4. The van der Waals surface area contributed by atoms with Crippen LogP contribution < -0.4 is 11.1 Å². The molecule has 2 rings (SSSR count). The summed E-state index contributed by atoms with van der Waals surface area (Å²) in [7, 11) is 0. The molecule has 1 aromatic carbocycles. The van der Waals surface area contributed by atoms with Gasteiger partial charge in [0.2, 0.25) is 0 Å². The molecule has 3 N–H and O–H groups in total. The van der Waals surface area contributed by atoms with Crippen molar-refractivity contribution in [1.29, 1.82) is 0 Å². The Hall–Kier alpha value is -2.12. The molecule has 0 radical (unpaired) electrons. The lowest BCUT2D eigenvalue weighted by Gasteiger charge is -2.34. The van der Waals surface area contributed by atoms with Crippen LogP contribution in [0.2, 0.25) is 0 Å². The number of anilines is 2. The number of carbonyl (C=O) groups excluding carboxylic acids is 1. The third kappa shape index (κ3) is 5.44. The van der Waals surface area contributed by atoms with E-state index in [1.165, 1.54) is 12.1 Å². The van der Waals surface area contributed by atoms with Crippen LogP contribution in [0.4, 0.5) is 29.3 Å². The van der Waals surface area contributed by atoms with Crippen LogP contribution in [0, 0.1) is 0 Å². The minimum atomic E-state index is -4.48. The first-order valence-electron chi connectivity index (χ1n) is 8.17. The van der Waals surface area contributed by atoms with Crippen molar-refractivity contribution < 1.29 is 22.7 Å². The van der Waals surface area contributed by atoms with Gasteiger partial charge < -0.3 is 20.7 Å². The quantitative estimate of drug-likeness (QED) is 0.780. The topological polar surface area (TPSA) is 67.6 Å². The number of halogens is 3. The summed E-state index contributed by atoms with van der Waals surface area (Å²) in [5, 5.41) is 3.09. The number of nitrogens with zero attached hydrogens (tertiary/aromatic N) is 1.